The molecule has 0 aliphatic heterocycles. The van der Waals surface area contributed by atoms with Crippen LogP contribution in [0, 0.1) is 0 Å². The maximum atomic E-state index is 11.7. The van der Waals surface area contributed by atoms with Gasteiger partial charge in [0, 0.05) is 16.5 Å². The Bertz CT molecular complexity index is 522. The van der Waals surface area contributed by atoms with E-state index in [-0.39, 0.29) is 5.75 Å². The number of halogens is 2. The van der Waals surface area contributed by atoms with Gasteiger partial charge in [-0.25, -0.2) is 9.00 Å². The smallest absolute Gasteiger partial charge is 0.306 e. The van der Waals surface area contributed by atoms with Crippen LogP contribution in [0.2, 0.25) is 5.02 Å². The SMILES string of the molecule is CCCCS(=O)(Cl)=NC(=O)Nc1ccc(Cl)cc1. The quantitative estimate of drug-likeness (QED) is 0.843. The predicted molar refractivity (Wildman–Crippen MR) is 76.7 cm³/mol. The second kappa shape index (κ2) is 6.97. The molecule has 7 heteroatoms. The lowest BCUT2D eigenvalue weighted by Crippen LogP contribution is -2.09. The van der Waals surface area contributed by atoms with E-state index in [0.717, 1.165) is 6.42 Å². The molecule has 2 amide bonds. The van der Waals surface area contributed by atoms with E-state index in [9.17, 15) is 9.00 Å². The number of rotatable bonds is 4. The highest BCUT2D eigenvalue weighted by atomic mass is 35.7. The third-order valence-corrected chi connectivity index (χ3v) is 4.22. The molecule has 0 heterocycles. The fourth-order valence-corrected chi connectivity index (χ4v) is 2.84. The van der Waals surface area contributed by atoms with Gasteiger partial charge in [0.1, 0.15) is 8.94 Å². The normalized spacial score (nSPS) is 13.7. The maximum absolute atomic E-state index is 11.7. The molecular formula is C11H14Cl2N2O2S. The molecule has 1 aromatic carbocycles. The lowest BCUT2D eigenvalue weighted by atomic mass is 10.3. The number of nitrogens with one attached hydrogen (secondary N) is 1. The van der Waals surface area contributed by atoms with Crippen molar-refractivity contribution < 1.29 is 9.00 Å². The lowest BCUT2D eigenvalue weighted by molar-refractivity contribution is 0.260. The zero-order valence-electron chi connectivity index (χ0n) is 9.86. The summed E-state index contributed by atoms with van der Waals surface area (Å²) in [5.41, 5.74) is 0.524. The molecule has 0 fully saturated rings. The van der Waals surface area contributed by atoms with Crippen LogP contribution < -0.4 is 5.32 Å². The van der Waals surface area contributed by atoms with Gasteiger partial charge in [-0.2, -0.15) is 0 Å². The molecule has 0 spiro atoms. The van der Waals surface area contributed by atoms with Gasteiger partial charge in [-0.15, -0.1) is 4.36 Å². The molecule has 0 aliphatic rings. The standard InChI is InChI=1S/C11H14Cl2N2O2S/c1-2-3-8-18(13,17)15-11(16)14-10-6-4-9(12)5-7-10/h4-7H,2-3,8H2,1H3,(H,14,16). The largest absolute Gasteiger partial charge is 0.354 e. The number of urea groups is 1. The molecule has 0 saturated carbocycles. The summed E-state index contributed by atoms with van der Waals surface area (Å²) in [5, 5.41) is 3.04. The molecule has 4 nitrogen and oxygen atoms in total. The Morgan fingerprint density at radius 2 is 2.00 bits per heavy atom. The van der Waals surface area contributed by atoms with Crippen LogP contribution in [-0.4, -0.2) is 16.0 Å². The molecule has 0 saturated heterocycles. The van der Waals surface area contributed by atoms with E-state index >= 15 is 0 Å². The Balaban J connectivity index is 2.68. The zero-order chi connectivity index (χ0) is 13.6. The Kier molecular flexibility index (Phi) is 5.91. The van der Waals surface area contributed by atoms with Crippen molar-refractivity contribution in [3.8, 4) is 0 Å². The van der Waals surface area contributed by atoms with E-state index in [0.29, 0.717) is 17.1 Å². The Morgan fingerprint density at radius 1 is 1.39 bits per heavy atom. The molecule has 1 atom stereocenters. The van der Waals surface area contributed by atoms with Crippen LogP contribution in [0.3, 0.4) is 0 Å². The van der Waals surface area contributed by atoms with E-state index in [2.05, 4.69) is 9.68 Å². The van der Waals surface area contributed by atoms with Crippen molar-refractivity contribution in [1.29, 1.82) is 0 Å². The number of anilines is 1. The van der Waals surface area contributed by atoms with Crippen molar-refractivity contribution in [2.24, 2.45) is 4.36 Å². The summed E-state index contributed by atoms with van der Waals surface area (Å²) >= 11 is 5.71. The first-order valence-corrected chi connectivity index (χ1v) is 8.33. The summed E-state index contributed by atoms with van der Waals surface area (Å²) in [6.45, 7) is 1.94. The lowest BCUT2D eigenvalue weighted by Gasteiger charge is -2.03. The highest BCUT2D eigenvalue weighted by molar-refractivity contribution is 8.15. The van der Waals surface area contributed by atoms with Gasteiger partial charge in [0.15, 0.2) is 0 Å². The third kappa shape index (κ3) is 5.71. The van der Waals surface area contributed by atoms with Gasteiger partial charge in [0.2, 0.25) is 0 Å². The van der Waals surface area contributed by atoms with Crippen LogP contribution in [0.25, 0.3) is 0 Å². The Morgan fingerprint density at radius 3 is 2.56 bits per heavy atom. The number of benzene rings is 1. The second-order valence-electron chi connectivity index (χ2n) is 3.65. The number of hydrogen-bond acceptors (Lipinski definition) is 2. The fraction of sp³-hybridized carbons (Fsp3) is 0.364. The molecular weight excluding hydrogens is 295 g/mol. The van der Waals surface area contributed by atoms with Crippen molar-refractivity contribution in [3.05, 3.63) is 29.3 Å². The highest BCUT2D eigenvalue weighted by Gasteiger charge is 2.08. The minimum absolute atomic E-state index is 0.207. The summed E-state index contributed by atoms with van der Waals surface area (Å²) < 4.78 is 15.2. The molecule has 18 heavy (non-hydrogen) atoms. The van der Waals surface area contributed by atoms with Crippen molar-refractivity contribution in [2.75, 3.05) is 11.1 Å². The van der Waals surface area contributed by atoms with Crippen LogP contribution in [0.5, 0.6) is 0 Å². The summed E-state index contributed by atoms with van der Waals surface area (Å²) in [7, 11) is 2.72. The fourth-order valence-electron chi connectivity index (χ4n) is 1.17. The van der Waals surface area contributed by atoms with Crippen molar-refractivity contribution in [2.45, 2.75) is 19.8 Å². The summed E-state index contributed by atoms with van der Waals surface area (Å²) in [6, 6.07) is 5.79. The molecule has 1 aromatic rings. The number of hydrogen-bond donors (Lipinski definition) is 1. The first kappa shape index (κ1) is 15.3. The van der Waals surface area contributed by atoms with E-state index < -0.39 is 15.0 Å². The number of nitrogens with zero attached hydrogens (tertiary/aromatic N) is 1. The number of amides is 2. The number of unbranched alkanes of at least 4 members (excludes halogenated alkanes) is 1. The second-order valence-corrected chi connectivity index (χ2v) is 7.25. The first-order valence-electron chi connectivity index (χ1n) is 5.44. The van der Waals surface area contributed by atoms with Crippen LogP contribution >= 0.6 is 22.3 Å². The monoisotopic (exact) mass is 308 g/mol. The molecule has 1 N–H and O–H groups in total. The molecule has 0 bridgehead atoms. The van der Waals surface area contributed by atoms with Gasteiger partial charge >= 0.3 is 6.03 Å². The van der Waals surface area contributed by atoms with Gasteiger partial charge in [0.25, 0.3) is 0 Å². The van der Waals surface area contributed by atoms with E-state index in [1.807, 2.05) is 6.92 Å². The number of carbonyl (C=O) groups excluding carboxylic acids is 1. The zero-order valence-corrected chi connectivity index (χ0v) is 12.2. The van der Waals surface area contributed by atoms with Crippen LogP contribution in [0.1, 0.15) is 19.8 Å². The van der Waals surface area contributed by atoms with E-state index in [1.165, 1.54) is 0 Å². The van der Waals surface area contributed by atoms with Gasteiger partial charge in [0.05, 0.1) is 0 Å². The third-order valence-electron chi connectivity index (χ3n) is 2.06. The van der Waals surface area contributed by atoms with Crippen molar-refractivity contribution in [3.63, 3.8) is 0 Å². The molecule has 0 aliphatic carbocycles. The number of carbonyl (C=O) groups is 1. The van der Waals surface area contributed by atoms with E-state index in [4.69, 9.17) is 22.3 Å². The molecule has 0 aromatic heterocycles. The average molecular weight is 309 g/mol. The summed E-state index contributed by atoms with van der Waals surface area (Å²) in [5.74, 6) is 0.207. The van der Waals surface area contributed by atoms with Gasteiger partial charge in [-0.05, 0) is 41.4 Å². The maximum Gasteiger partial charge on any atom is 0.354 e. The first-order chi connectivity index (χ1) is 8.43. The summed E-state index contributed by atoms with van der Waals surface area (Å²) in [6.07, 6.45) is 1.51. The van der Waals surface area contributed by atoms with Crippen LogP contribution in [-0.2, 0) is 8.94 Å². The minimum Gasteiger partial charge on any atom is -0.306 e. The van der Waals surface area contributed by atoms with Gasteiger partial charge in [-0.1, -0.05) is 24.9 Å². The van der Waals surface area contributed by atoms with Gasteiger partial charge < -0.3 is 5.32 Å². The Hall–Kier alpha value is -0.780. The van der Waals surface area contributed by atoms with Crippen LogP contribution in [0.4, 0.5) is 10.5 Å². The predicted octanol–water partition coefficient (Wildman–Crippen LogP) is 4.29. The average Bonchev–Trinajstić information content (AvgIpc) is 2.29. The Labute approximate surface area is 116 Å². The van der Waals surface area contributed by atoms with Crippen molar-refractivity contribution in [1.82, 2.24) is 0 Å². The minimum atomic E-state index is -2.96. The van der Waals surface area contributed by atoms with E-state index in [1.54, 1.807) is 24.3 Å². The summed E-state index contributed by atoms with van der Waals surface area (Å²) in [4.78, 5) is 11.5. The van der Waals surface area contributed by atoms with Gasteiger partial charge in [-0.3, -0.25) is 0 Å². The topological polar surface area (TPSA) is 58.5 Å². The molecule has 1 rings (SSSR count). The highest BCUT2D eigenvalue weighted by Crippen LogP contribution is 2.14. The van der Waals surface area contributed by atoms with Crippen molar-refractivity contribution >= 4 is 42.9 Å². The van der Waals surface area contributed by atoms with Crippen LogP contribution in [0.15, 0.2) is 28.6 Å². The molecule has 100 valence electrons. The molecule has 0 radical (unpaired) electrons. The molecule has 1 unspecified atom stereocenters.